The third-order valence-corrected chi connectivity index (χ3v) is 3.30. The summed E-state index contributed by atoms with van der Waals surface area (Å²) < 4.78 is 7.20. The van der Waals surface area contributed by atoms with Gasteiger partial charge in [0.1, 0.15) is 11.4 Å². The maximum Gasteiger partial charge on any atom is 0.267 e. The summed E-state index contributed by atoms with van der Waals surface area (Å²) in [6.07, 6.45) is 5.30. The van der Waals surface area contributed by atoms with Crippen LogP contribution in [0.5, 0.6) is 5.75 Å². The Balaban J connectivity index is 1.69. The number of nitrogens with zero attached hydrogens (tertiary/aromatic N) is 2. The number of rotatable bonds is 5. The monoisotopic (exact) mass is 284 g/mol. The number of nitrogens with one attached hydrogen (secondary N) is 2. The molecule has 2 N–H and O–H groups in total. The number of hydrogen-bond donors (Lipinski definition) is 2. The molecule has 3 rings (SSSR count). The van der Waals surface area contributed by atoms with Crippen molar-refractivity contribution in [3.63, 3.8) is 0 Å². The fraction of sp³-hybridized carbons (Fsp3) is 0.200. The van der Waals surface area contributed by atoms with Crippen LogP contribution in [0.4, 0.5) is 0 Å². The van der Waals surface area contributed by atoms with E-state index in [2.05, 4.69) is 15.3 Å². The molecule has 0 unspecified atom stereocenters. The quantitative estimate of drug-likeness (QED) is 0.750. The molecule has 108 valence electrons. The van der Waals surface area contributed by atoms with Crippen molar-refractivity contribution >= 4 is 16.8 Å². The zero-order valence-corrected chi connectivity index (χ0v) is 11.7. The van der Waals surface area contributed by atoms with Crippen LogP contribution in [-0.4, -0.2) is 34.1 Å². The van der Waals surface area contributed by atoms with Crippen molar-refractivity contribution in [2.75, 3.05) is 13.7 Å². The van der Waals surface area contributed by atoms with Crippen LogP contribution < -0.4 is 10.1 Å². The number of amides is 1. The van der Waals surface area contributed by atoms with Gasteiger partial charge in [-0.15, -0.1) is 0 Å². The Morgan fingerprint density at radius 1 is 1.48 bits per heavy atom. The minimum Gasteiger partial charge on any atom is -0.496 e. The lowest BCUT2D eigenvalue weighted by molar-refractivity contribution is 0.0948. The van der Waals surface area contributed by atoms with Gasteiger partial charge in [0.15, 0.2) is 0 Å². The average molecular weight is 284 g/mol. The summed E-state index contributed by atoms with van der Waals surface area (Å²) >= 11 is 0. The molecular weight excluding hydrogens is 268 g/mol. The number of H-pyrrole nitrogens is 1. The van der Waals surface area contributed by atoms with Gasteiger partial charge in [0, 0.05) is 36.4 Å². The Hall–Kier alpha value is -2.76. The second-order valence-electron chi connectivity index (χ2n) is 4.66. The molecule has 6 heteroatoms. The molecule has 6 nitrogen and oxygen atoms in total. The van der Waals surface area contributed by atoms with E-state index in [0.717, 1.165) is 16.7 Å². The van der Waals surface area contributed by atoms with Gasteiger partial charge in [0.25, 0.3) is 5.91 Å². The lowest BCUT2D eigenvalue weighted by atomic mass is 10.2. The van der Waals surface area contributed by atoms with Crippen LogP contribution in [0.25, 0.3) is 10.9 Å². The molecular formula is C15H16N4O2. The number of imidazole rings is 1. The van der Waals surface area contributed by atoms with Crippen LogP contribution in [-0.2, 0) is 6.54 Å². The normalized spacial score (nSPS) is 10.7. The molecule has 1 aromatic carbocycles. The number of fused-ring (bicyclic) bond motifs is 1. The molecule has 0 aliphatic heterocycles. The summed E-state index contributed by atoms with van der Waals surface area (Å²) in [6.45, 7) is 1.23. The standard InChI is InChI=1S/C15H16N4O2/c1-21-14-4-2-3-12-11(14)9-13(18-12)15(20)17-6-8-19-7-5-16-10-19/h2-5,7,9-10,18H,6,8H2,1H3,(H,17,20). The van der Waals surface area contributed by atoms with Gasteiger partial charge >= 0.3 is 0 Å². The Kier molecular flexibility index (Phi) is 3.59. The van der Waals surface area contributed by atoms with Crippen LogP contribution >= 0.6 is 0 Å². The van der Waals surface area contributed by atoms with Crippen molar-refractivity contribution in [2.45, 2.75) is 6.54 Å². The number of carbonyl (C=O) groups excluding carboxylic acids is 1. The van der Waals surface area contributed by atoms with Crippen molar-refractivity contribution in [3.8, 4) is 5.75 Å². The highest BCUT2D eigenvalue weighted by Crippen LogP contribution is 2.25. The fourth-order valence-electron chi connectivity index (χ4n) is 2.24. The van der Waals surface area contributed by atoms with Gasteiger partial charge in [0.05, 0.1) is 13.4 Å². The fourth-order valence-corrected chi connectivity index (χ4v) is 2.24. The van der Waals surface area contributed by atoms with Gasteiger partial charge in [-0.2, -0.15) is 0 Å². The molecule has 0 bridgehead atoms. The van der Waals surface area contributed by atoms with Crippen molar-refractivity contribution in [1.29, 1.82) is 0 Å². The van der Waals surface area contributed by atoms with Crippen LogP contribution in [0.2, 0.25) is 0 Å². The maximum absolute atomic E-state index is 12.1. The topological polar surface area (TPSA) is 71.9 Å². The van der Waals surface area contributed by atoms with E-state index in [1.807, 2.05) is 29.0 Å². The van der Waals surface area contributed by atoms with Crippen LogP contribution in [0.15, 0.2) is 43.0 Å². The first-order chi connectivity index (χ1) is 10.3. The molecule has 3 aromatic rings. The van der Waals surface area contributed by atoms with Crippen molar-refractivity contribution in [2.24, 2.45) is 0 Å². The SMILES string of the molecule is COc1cccc2[nH]c(C(=O)NCCn3ccnc3)cc12. The van der Waals surface area contributed by atoms with Gasteiger partial charge < -0.3 is 19.6 Å². The molecule has 0 saturated heterocycles. The van der Waals surface area contributed by atoms with Gasteiger partial charge in [0.2, 0.25) is 0 Å². The first-order valence-corrected chi connectivity index (χ1v) is 6.67. The largest absolute Gasteiger partial charge is 0.496 e. The number of benzene rings is 1. The zero-order valence-electron chi connectivity index (χ0n) is 11.7. The third kappa shape index (κ3) is 2.74. The Bertz CT molecular complexity index is 746. The van der Waals surface area contributed by atoms with Crippen molar-refractivity contribution in [1.82, 2.24) is 19.9 Å². The molecule has 0 atom stereocenters. The molecule has 0 aliphatic carbocycles. The first kappa shape index (κ1) is 13.2. The highest BCUT2D eigenvalue weighted by Gasteiger charge is 2.11. The molecule has 0 fully saturated rings. The Labute approximate surface area is 121 Å². The number of ether oxygens (including phenoxy) is 1. The second kappa shape index (κ2) is 5.70. The van der Waals surface area contributed by atoms with Crippen LogP contribution in [0.1, 0.15) is 10.5 Å². The minimum atomic E-state index is -0.131. The molecule has 0 spiro atoms. The summed E-state index contributed by atoms with van der Waals surface area (Å²) in [7, 11) is 1.62. The van der Waals surface area contributed by atoms with E-state index >= 15 is 0 Å². The number of hydrogen-bond acceptors (Lipinski definition) is 3. The van der Waals surface area contributed by atoms with Gasteiger partial charge in [-0.25, -0.2) is 4.98 Å². The van der Waals surface area contributed by atoms with E-state index in [1.165, 1.54) is 0 Å². The Morgan fingerprint density at radius 3 is 3.14 bits per heavy atom. The molecule has 2 heterocycles. The summed E-state index contributed by atoms with van der Waals surface area (Å²) in [5.41, 5.74) is 1.41. The highest BCUT2D eigenvalue weighted by atomic mass is 16.5. The lowest BCUT2D eigenvalue weighted by Gasteiger charge is -2.04. The second-order valence-corrected chi connectivity index (χ2v) is 4.66. The van der Waals surface area contributed by atoms with Gasteiger partial charge in [-0.1, -0.05) is 6.07 Å². The summed E-state index contributed by atoms with van der Waals surface area (Å²) in [4.78, 5) is 19.2. The zero-order chi connectivity index (χ0) is 14.7. The average Bonchev–Trinajstić information content (AvgIpc) is 3.15. The number of methoxy groups -OCH3 is 1. The van der Waals surface area contributed by atoms with E-state index in [0.29, 0.717) is 18.8 Å². The van der Waals surface area contributed by atoms with E-state index in [-0.39, 0.29) is 5.91 Å². The summed E-state index contributed by atoms with van der Waals surface area (Å²) in [6, 6.07) is 7.48. The summed E-state index contributed by atoms with van der Waals surface area (Å²) in [5, 5.41) is 3.78. The van der Waals surface area contributed by atoms with E-state index < -0.39 is 0 Å². The number of aromatic amines is 1. The minimum absolute atomic E-state index is 0.131. The van der Waals surface area contributed by atoms with Crippen LogP contribution in [0, 0.1) is 0 Å². The van der Waals surface area contributed by atoms with Gasteiger partial charge in [-0.05, 0) is 18.2 Å². The van der Waals surface area contributed by atoms with E-state index in [1.54, 1.807) is 25.7 Å². The lowest BCUT2D eigenvalue weighted by Crippen LogP contribution is -2.27. The smallest absolute Gasteiger partial charge is 0.267 e. The van der Waals surface area contributed by atoms with Gasteiger partial charge in [-0.3, -0.25) is 4.79 Å². The predicted octanol–water partition coefficient (Wildman–Crippen LogP) is 1.80. The first-order valence-electron chi connectivity index (χ1n) is 6.67. The van der Waals surface area contributed by atoms with E-state index in [4.69, 9.17) is 4.74 Å². The van der Waals surface area contributed by atoms with Crippen molar-refractivity contribution < 1.29 is 9.53 Å². The van der Waals surface area contributed by atoms with E-state index in [9.17, 15) is 4.79 Å². The third-order valence-electron chi connectivity index (χ3n) is 3.30. The number of aromatic nitrogens is 3. The molecule has 0 radical (unpaired) electrons. The molecule has 1 amide bonds. The van der Waals surface area contributed by atoms with Crippen molar-refractivity contribution in [3.05, 3.63) is 48.7 Å². The molecule has 21 heavy (non-hydrogen) atoms. The molecule has 0 aliphatic rings. The maximum atomic E-state index is 12.1. The highest BCUT2D eigenvalue weighted by molar-refractivity contribution is 5.99. The molecule has 2 aromatic heterocycles. The predicted molar refractivity (Wildman–Crippen MR) is 79.4 cm³/mol. The van der Waals surface area contributed by atoms with Crippen LogP contribution in [0.3, 0.4) is 0 Å². The summed E-state index contributed by atoms with van der Waals surface area (Å²) in [5.74, 6) is 0.620. The number of carbonyl (C=O) groups is 1. The molecule has 0 saturated carbocycles. The Morgan fingerprint density at radius 2 is 2.38 bits per heavy atom.